The Morgan fingerprint density at radius 1 is 0.920 bits per heavy atom. The van der Waals surface area contributed by atoms with E-state index in [-0.39, 0.29) is 18.0 Å². The van der Waals surface area contributed by atoms with Gasteiger partial charge in [-0.1, -0.05) is 54.6 Å². The molecule has 0 unspecified atom stereocenters. The van der Waals surface area contributed by atoms with Gasteiger partial charge in [0.25, 0.3) is 10.0 Å². The number of hydrogen-bond acceptors (Lipinski definition) is 4. The molecule has 1 aliphatic heterocycles. The lowest BCUT2D eigenvalue weighted by molar-refractivity contribution is -0.143. The highest BCUT2D eigenvalue weighted by molar-refractivity contribution is 7.93. The molecule has 0 atom stereocenters. The van der Waals surface area contributed by atoms with Crippen molar-refractivity contribution in [2.75, 3.05) is 10.8 Å². The third-order valence-electron chi connectivity index (χ3n) is 4.20. The van der Waals surface area contributed by atoms with Gasteiger partial charge in [-0.15, -0.1) is 0 Å². The second kappa shape index (κ2) is 5.89. The third kappa shape index (κ3) is 2.64. The van der Waals surface area contributed by atoms with Crippen molar-refractivity contribution in [2.24, 2.45) is 0 Å². The van der Waals surface area contributed by atoms with E-state index in [2.05, 4.69) is 0 Å². The zero-order chi connectivity index (χ0) is 17.4. The van der Waals surface area contributed by atoms with E-state index in [4.69, 9.17) is 4.74 Å². The second-order valence-electron chi connectivity index (χ2n) is 5.79. The van der Waals surface area contributed by atoms with Crippen LogP contribution >= 0.6 is 0 Å². The van der Waals surface area contributed by atoms with Crippen LogP contribution in [-0.2, 0) is 26.2 Å². The van der Waals surface area contributed by atoms with Crippen LogP contribution < -0.4 is 4.31 Å². The molecule has 0 saturated carbocycles. The summed E-state index contributed by atoms with van der Waals surface area (Å²) in [6.07, 6.45) is 0. The number of hydrogen-bond donors (Lipinski definition) is 0. The topological polar surface area (TPSA) is 63.7 Å². The second-order valence-corrected chi connectivity index (χ2v) is 7.62. The van der Waals surface area contributed by atoms with Gasteiger partial charge in [0.05, 0.1) is 10.6 Å². The van der Waals surface area contributed by atoms with Gasteiger partial charge in [0.2, 0.25) is 0 Å². The lowest BCUT2D eigenvalue weighted by Crippen LogP contribution is -2.33. The van der Waals surface area contributed by atoms with Gasteiger partial charge in [-0.25, -0.2) is 8.42 Å². The van der Waals surface area contributed by atoms with Crippen molar-refractivity contribution < 1.29 is 17.9 Å². The van der Waals surface area contributed by atoms with E-state index in [1.807, 2.05) is 42.5 Å². The summed E-state index contributed by atoms with van der Waals surface area (Å²) in [6.45, 7) is -0.229. The molecule has 126 valence electrons. The first kappa shape index (κ1) is 15.7. The zero-order valence-electron chi connectivity index (χ0n) is 13.3. The molecule has 0 spiro atoms. The molecule has 0 radical (unpaired) electrons. The summed E-state index contributed by atoms with van der Waals surface area (Å²) < 4.78 is 31.9. The van der Waals surface area contributed by atoms with Gasteiger partial charge < -0.3 is 4.74 Å². The molecule has 1 heterocycles. The summed E-state index contributed by atoms with van der Waals surface area (Å²) in [4.78, 5) is 12.4. The number of rotatable bonds is 4. The van der Waals surface area contributed by atoms with Crippen molar-refractivity contribution in [1.29, 1.82) is 0 Å². The van der Waals surface area contributed by atoms with E-state index in [1.165, 1.54) is 0 Å². The summed E-state index contributed by atoms with van der Waals surface area (Å²) in [7, 11) is -3.74. The molecule has 3 aromatic carbocycles. The summed E-state index contributed by atoms with van der Waals surface area (Å²) in [5.41, 5.74) is 1.37. The molecule has 0 fully saturated rings. The van der Waals surface area contributed by atoms with Crippen LogP contribution in [0.2, 0.25) is 0 Å². The van der Waals surface area contributed by atoms with Crippen LogP contribution in [-0.4, -0.2) is 20.9 Å². The van der Waals surface area contributed by atoms with Crippen LogP contribution in [0.1, 0.15) is 5.56 Å². The number of sulfonamides is 1. The molecule has 0 saturated heterocycles. The fourth-order valence-electron chi connectivity index (χ4n) is 3.03. The lowest BCUT2D eigenvalue weighted by atomic mass is 10.1. The van der Waals surface area contributed by atoms with Crippen molar-refractivity contribution in [3.05, 3.63) is 72.3 Å². The van der Waals surface area contributed by atoms with Crippen molar-refractivity contribution in [3.63, 3.8) is 0 Å². The van der Waals surface area contributed by atoms with Gasteiger partial charge in [0.15, 0.2) is 0 Å². The predicted octanol–water partition coefficient (Wildman–Crippen LogP) is 3.09. The number of anilines is 1. The Morgan fingerprint density at radius 3 is 2.40 bits per heavy atom. The molecule has 3 aromatic rings. The number of nitrogens with zero attached hydrogens (tertiary/aromatic N) is 1. The van der Waals surface area contributed by atoms with Gasteiger partial charge >= 0.3 is 5.97 Å². The summed E-state index contributed by atoms with van der Waals surface area (Å²) in [5.74, 6) is -0.586. The first-order valence-electron chi connectivity index (χ1n) is 7.81. The fourth-order valence-corrected chi connectivity index (χ4v) is 4.68. The molecular formula is C19H15NO4S. The Morgan fingerprint density at radius 2 is 1.64 bits per heavy atom. The molecule has 0 N–H and O–H groups in total. The predicted molar refractivity (Wildman–Crippen MR) is 94.7 cm³/mol. The molecule has 5 nitrogen and oxygen atoms in total. The van der Waals surface area contributed by atoms with E-state index in [9.17, 15) is 13.2 Å². The van der Waals surface area contributed by atoms with Gasteiger partial charge in [0, 0.05) is 5.39 Å². The number of ether oxygens (including phenoxy) is 1. The molecule has 4 rings (SSSR count). The van der Waals surface area contributed by atoms with Crippen molar-refractivity contribution in [2.45, 2.75) is 11.5 Å². The molecule has 0 bridgehead atoms. The Kier molecular flexibility index (Phi) is 3.69. The molecule has 1 aliphatic rings. The monoisotopic (exact) mass is 353 g/mol. The maximum Gasteiger partial charge on any atom is 0.327 e. The highest BCUT2D eigenvalue weighted by Gasteiger charge is 2.36. The Balaban J connectivity index is 1.59. The van der Waals surface area contributed by atoms with E-state index in [0.717, 1.165) is 15.3 Å². The van der Waals surface area contributed by atoms with Crippen molar-refractivity contribution in [1.82, 2.24) is 0 Å². The van der Waals surface area contributed by atoms with Gasteiger partial charge in [-0.2, -0.15) is 0 Å². The first-order valence-corrected chi connectivity index (χ1v) is 9.25. The maximum absolute atomic E-state index is 12.8. The van der Waals surface area contributed by atoms with Crippen LogP contribution in [0.15, 0.2) is 71.6 Å². The number of esters is 1. The van der Waals surface area contributed by atoms with Crippen molar-refractivity contribution >= 4 is 32.5 Å². The largest absolute Gasteiger partial charge is 0.459 e. The minimum absolute atomic E-state index is 0.116. The molecule has 6 heteroatoms. The average Bonchev–Trinajstić information content (AvgIpc) is 2.84. The average molecular weight is 353 g/mol. The molecule has 25 heavy (non-hydrogen) atoms. The van der Waals surface area contributed by atoms with E-state index >= 15 is 0 Å². The molecule has 0 aromatic heterocycles. The fraction of sp³-hybridized carbons (Fsp3) is 0.105. The van der Waals surface area contributed by atoms with Crippen LogP contribution in [0.5, 0.6) is 0 Å². The highest BCUT2D eigenvalue weighted by Crippen LogP contribution is 2.41. The minimum atomic E-state index is -3.74. The van der Waals surface area contributed by atoms with Crippen LogP contribution in [0.25, 0.3) is 10.8 Å². The smallest absolute Gasteiger partial charge is 0.327 e. The Hall–Kier alpha value is -2.86. The van der Waals surface area contributed by atoms with Crippen LogP contribution in [0, 0.1) is 0 Å². The quantitative estimate of drug-likeness (QED) is 0.676. The normalized spacial score (nSPS) is 14.6. The number of carbonyl (C=O) groups is 1. The SMILES string of the molecule is O=C(CN1c2cccc3cccc(c23)S1(=O)=O)OCc1ccccc1. The minimum Gasteiger partial charge on any atom is -0.459 e. The van der Waals surface area contributed by atoms with Gasteiger partial charge in [-0.05, 0) is 23.1 Å². The lowest BCUT2D eigenvalue weighted by Gasteiger charge is -2.17. The standard InChI is InChI=1S/C19H15NO4S/c21-18(24-13-14-6-2-1-3-7-14)12-20-16-10-4-8-15-9-5-11-17(19(15)16)25(20,22)23/h1-11H,12-13H2. The first-order chi connectivity index (χ1) is 12.1. The number of benzene rings is 3. The maximum atomic E-state index is 12.8. The van der Waals surface area contributed by atoms with Crippen LogP contribution in [0.4, 0.5) is 5.69 Å². The number of carbonyl (C=O) groups excluding carboxylic acids is 1. The van der Waals surface area contributed by atoms with Crippen molar-refractivity contribution in [3.8, 4) is 0 Å². The van der Waals surface area contributed by atoms with Gasteiger partial charge in [0.1, 0.15) is 13.2 Å². The molecule has 0 aliphatic carbocycles. The zero-order valence-corrected chi connectivity index (χ0v) is 14.1. The Labute approximate surface area is 145 Å². The van der Waals surface area contributed by atoms with E-state index in [0.29, 0.717) is 11.1 Å². The van der Waals surface area contributed by atoms with Gasteiger partial charge in [-0.3, -0.25) is 9.10 Å². The third-order valence-corrected chi connectivity index (χ3v) is 6.00. The summed E-state index contributed by atoms with van der Waals surface area (Å²) in [6, 6.07) is 19.7. The molecular weight excluding hydrogens is 338 g/mol. The van der Waals surface area contributed by atoms with E-state index in [1.54, 1.807) is 24.3 Å². The summed E-state index contributed by atoms with van der Waals surface area (Å²) in [5, 5.41) is 1.49. The summed E-state index contributed by atoms with van der Waals surface area (Å²) >= 11 is 0. The van der Waals surface area contributed by atoms with Crippen LogP contribution in [0.3, 0.4) is 0 Å². The Bertz CT molecular complexity index is 1060. The van der Waals surface area contributed by atoms with E-state index < -0.39 is 16.0 Å². The highest BCUT2D eigenvalue weighted by atomic mass is 32.2. The molecule has 0 amide bonds.